The lowest BCUT2D eigenvalue weighted by atomic mass is 9.89. The molecule has 0 saturated carbocycles. The van der Waals surface area contributed by atoms with E-state index in [4.69, 9.17) is 16.6 Å². The van der Waals surface area contributed by atoms with Gasteiger partial charge >= 0.3 is 0 Å². The summed E-state index contributed by atoms with van der Waals surface area (Å²) in [7, 11) is 2.15. The van der Waals surface area contributed by atoms with Crippen LogP contribution in [0.1, 0.15) is 49.8 Å². The summed E-state index contributed by atoms with van der Waals surface area (Å²) in [5.41, 5.74) is 2.43. The van der Waals surface area contributed by atoms with Crippen molar-refractivity contribution >= 4 is 35.0 Å². The topological polar surface area (TPSA) is 78.7 Å². The van der Waals surface area contributed by atoms with Crippen molar-refractivity contribution in [3.05, 3.63) is 57.0 Å². The van der Waals surface area contributed by atoms with Gasteiger partial charge in [-0.1, -0.05) is 29.3 Å². The van der Waals surface area contributed by atoms with E-state index in [0.29, 0.717) is 11.6 Å². The van der Waals surface area contributed by atoms with E-state index in [-0.39, 0.29) is 23.6 Å². The molecule has 4 heterocycles. The Kier molecular flexibility index (Phi) is 7.51. The molecule has 0 spiro atoms. The molecule has 10 heteroatoms. The third-order valence-electron chi connectivity index (χ3n) is 7.86. The molecule has 2 aromatic rings. The first-order chi connectivity index (χ1) is 17.7. The SMILES string of the molecule is CC1=C(C)C2C(c3ccc(Cl)cc3)=N[C@@](C)(CC(=O)NCCN3CCN(C)CC3)c3nnc(C)n3C2S1. The van der Waals surface area contributed by atoms with Crippen LogP contribution >= 0.6 is 23.4 Å². The molecule has 2 unspecified atom stereocenters. The molecular weight excluding hydrogens is 506 g/mol. The number of carbonyl (C=O) groups excluding carboxylic acids is 1. The van der Waals surface area contributed by atoms with Gasteiger partial charge in [0.05, 0.1) is 23.4 Å². The van der Waals surface area contributed by atoms with Crippen LogP contribution in [0, 0.1) is 12.8 Å². The first kappa shape index (κ1) is 26.4. The summed E-state index contributed by atoms with van der Waals surface area (Å²) in [6.07, 6.45) is 0.205. The van der Waals surface area contributed by atoms with E-state index in [1.54, 1.807) is 0 Å². The van der Waals surface area contributed by atoms with Crippen molar-refractivity contribution in [3.8, 4) is 0 Å². The van der Waals surface area contributed by atoms with Crippen LogP contribution < -0.4 is 5.32 Å². The molecule has 1 amide bonds. The Bertz CT molecular complexity index is 1230. The number of halogens is 1. The summed E-state index contributed by atoms with van der Waals surface area (Å²) in [5, 5.41) is 12.9. The van der Waals surface area contributed by atoms with Gasteiger partial charge in [-0.05, 0) is 57.3 Å². The minimum absolute atomic E-state index is 0.0220. The highest BCUT2D eigenvalue weighted by atomic mass is 35.5. The molecule has 0 bridgehead atoms. The van der Waals surface area contributed by atoms with Gasteiger partial charge in [0, 0.05) is 44.3 Å². The molecular formula is C27H36ClN7OS. The van der Waals surface area contributed by atoms with Gasteiger partial charge in [0.2, 0.25) is 5.91 Å². The lowest BCUT2D eigenvalue weighted by Gasteiger charge is -2.32. The fourth-order valence-corrected chi connectivity index (χ4v) is 7.15. The summed E-state index contributed by atoms with van der Waals surface area (Å²) in [4.78, 5) is 24.7. The van der Waals surface area contributed by atoms with Crippen molar-refractivity contribution in [2.75, 3.05) is 46.3 Å². The molecule has 1 saturated heterocycles. The number of hydrogen-bond acceptors (Lipinski definition) is 7. The van der Waals surface area contributed by atoms with Crippen LogP contribution in [0.15, 0.2) is 39.7 Å². The fourth-order valence-electron chi connectivity index (χ4n) is 5.53. The molecule has 0 aliphatic carbocycles. The third kappa shape index (κ3) is 5.24. The molecule has 3 aliphatic rings. The van der Waals surface area contributed by atoms with Gasteiger partial charge in [-0.15, -0.1) is 22.0 Å². The minimum Gasteiger partial charge on any atom is -0.355 e. The molecule has 198 valence electrons. The number of carbonyl (C=O) groups is 1. The van der Waals surface area contributed by atoms with Crippen LogP contribution in [-0.4, -0.2) is 82.5 Å². The van der Waals surface area contributed by atoms with Gasteiger partial charge in [-0.2, -0.15) is 0 Å². The van der Waals surface area contributed by atoms with E-state index >= 15 is 0 Å². The van der Waals surface area contributed by atoms with Crippen LogP contribution in [0.5, 0.6) is 0 Å². The van der Waals surface area contributed by atoms with E-state index in [2.05, 4.69) is 50.8 Å². The molecule has 0 radical (unpaired) electrons. The maximum atomic E-state index is 13.3. The fraction of sp³-hybridized carbons (Fsp3) is 0.556. The number of aryl methyl sites for hydroxylation is 1. The molecule has 1 aromatic heterocycles. The van der Waals surface area contributed by atoms with Crippen LogP contribution in [0.4, 0.5) is 0 Å². The number of hydrogen-bond donors (Lipinski definition) is 1. The highest BCUT2D eigenvalue weighted by Gasteiger charge is 2.47. The van der Waals surface area contributed by atoms with E-state index < -0.39 is 5.54 Å². The van der Waals surface area contributed by atoms with Crippen molar-refractivity contribution < 1.29 is 4.79 Å². The Morgan fingerprint density at radius 2 is 1.84 bits per heavy atom. The highest BCUT2D eigenvalue weighted by molar-refractivity contribution is 8.03. The second-order valence-electron chi connectivity index (χ2n) is 10.6. The number of piperazine rings is 1. The molecule has 3 aliphatic heterocycles. The number of rotatable bonds is 6. The largest absolute Gasteiger partial charge is 0.355 e. The number of allylic oxidation sites excluding steroid dienone is 2. The van der Waals surface area contributed by atoms with E-state index in [0.717, 1.165) is 55.6 Å². The second kappa shape index (κ2) is 10.5. The number of nitrogens with zero attached hydrogens (tertiary/aromatic N) is 6. The van der Waals surface area contributed by atoms with Crippen molar-refractivity contribution in [2.24, 2.45) is 10.9 Å². The van der Waals surface area contributed by atoms with Crippen molar-refractivity contribution in [1.82, 2.24) is 29.9 Å². The smallest absolute Gasteiger partial charge is 0.222 e. The summed E-state index contributed by atoms with van der Waals surface area (Å²) < 4.78 is 2.21. The zero-order valence-electron chi connectivity index (χ0n) is 22.3. The third-order valence-corrected chi connectivity index (χ3v) is 9.51. The Morgan fingerprint density at radius 1 is 1.14 bits per heavy atom. The number of thioether (sulfide) groups is 1. The number of fused-ring (bicyclic) bond motifs is 3. The number of likely N-dealkylation sites (N-methyl/N-ethyl adjacent to an activating group) is 1. The minimum atomic E-state index is -0.854. The molecule has 37 heavy (non-hydrogen) atoms. The summed E-state index contributed by atoms with van der Waals surface area (Å²) in [5.74, 6) is 1.62. The summed E-state index contributed by atoms with van der Waals surface area (Å²) >= 11 is 8.05. The van der Waals surface area contributed by atoms with E-state index in [1.165, 1.54) is 10.5 Å². The maximum Gasteiger partial charge on any atom is 0.222 e. The van der Waals surface area contributed by atoms with Gasteiger partial charge in [0.15, 0.2) is 5.82 Å². The average Bonchev–Trinajstić information content (AvgIpc) is 3.35. The highest BCUT2D eigenvalue weighted by Crippen LogP contribution is 2.53. The molecule has 3 atom stereocenters. The van der Waals surface area contributed by atoms with Gasteiger partial charge in [0.1, 0.15) is 11.4 Å². The molecule has 1 fully saturated rings. The molecule has 1 aromatic carbocycles. The average molecular weight is 542 g/mol. The number of benzene rings is 1. The van der Waals surface area contributed by atoms with Crippen LogP contribution in [0.2, 0.25) is 5.02 Å². The number of aliphatic imine (C=N–C) groups is 1. The number of nitrogens with one attached hydrogen (secondary N) is 1. The van der Waals surface area contributed by atoms with E-state index in [9.17, 15) is 4.79 Å². The van der Waals surface area contributed by atoms with Crippen molar-refractivity contribution in [3.63, 3.8) is 0 Å². The lowest BCUT2D eigenvalue weighted by Crippen LogP contribution is -2.47. The lowest BCUT2D eigenvalue weighted by molar-refractivity contribution is -0.122. The molecule has 1 N–H and O–H groups in total. The van der Waals surface area contributed by atoms with Crippen molar-refractivity contribution in [1.29, 1.82) is 0 Å². The second-order valence-corrected chi connectivity index (χ2v) is 12.4. The van der Waals surface area contributed by atoms with Gasteiger partial charge < -0.3 is 10.2 Å². The number of amides is 1. The summed E-state index contributed by atoms with van der Waals surface area (Å²) in [6, 6.07) is 7.86. The van der Waals surface area contributed by atoms with Gasteiger partial charge in [-0.3, -0.25) is 19.3 Å². The normalized spacial score (nSPS) is 26.5. The zero-order chi connectivity index (χ0) is 26.3. The first-order valence-electron chi connectivity index (χ1n) is 13.0. The van der Waals surface area contributed by atoms with Crippen LogP contribution in [0.25, 0.3) is 0 Å². The Labute approximate surface area is 228 Å². The van der Waals surface area contributed by atoms with E-state index in [1.807, 2.05) is 49.9 Å². The quantitative estimate of drug-likeness (QED) is 0.598. The van der Waals surface area contributed by atoms with Crippen molar-refractivity contribution in [2.45, 2.75) is 45.0 Å². The van der Waals surface area contributed by atoms with Crippen LogP contribution in [0.3, 0.4) is 0 Å². The van der Waals surface area contributed by atoms with Gasteiger partial charge in [0.25, 0.3) is 0 Å². The molecule has 5 rings (SSSR count). The standard InChI is InChI=1S/C27H36ClN7OS/c1-17-18(2)37-25-23(17)24(20-6-8-21(28)9-7-20)30-27(4,26-32-31-19(3)35(25)26)16-22(36)29-10-11-34-14-12-33(5)13-15-34/h6-9,23,25H,10-16H2,1-5H3,(H,29,36)/t23?,25?,27-/m0/s1. The summed E-state index contributed by atoms with van der Waals surface area (Å²) in [6.45, 7) is 14.0. The predicted octanol–water partition coefficient (Wildman–Crippen LogP) is 3.87. The Balaban J connectivity index is 1.45. The first-order valence-corrected chi connectivity index (χ1v) is 14.2. The zero-order valence-corrected chi connectivity index (χ0v) is 23.9. The Hall–Kier alpha value is -2.20. The number of aromatic nitrogens is 3. The molecule has 8 nitrogen and oxygen atoms in total. The predicted molar refractivity (Wildman–Crippen MR) is 150 cm³/mol. The monoisotopic (exact) mass is 541 g/mol. The van der Waals surface area contributed by atoms with Gasteiger partial charge in [-0.25, -0.2) is 0 Å². The Morgan fingerprint density at radius 3 is 2.54 bits per heavy atom. The van der Waals surface area contributed by atoms with Crippen LogP contribution in [-0.2, 0) is 10.3 Å². The maximum absolute atomic E-state index is 13.3.